The van der Waals surface area contributed by atoms with Crippen LogP contribution in [0.1, 0.15) is 22.7 Å². The Hall–Kier alpha value is -2.92. The summed E-state index contributed by atoms with van der Waals surface area (Å²) in [6.45, 7) is 0.255. The van der Waals surface area contributed by atoms with Gasteiger partial charge >= 0.3 is 0 Å². The van der Waals surface area contributed by atoms with Crippen LogP contribution in [0, 0.1) is 5.82 Å². The molecule has 1 aliphatic heterocycles. The van der Waals surface area contributed by atoms with Crippen LogP contribution in [0.3, 0.4) is 0 Å². The maximum Gasteiger partial charge on any atom is 0.290 e. The molecule has 28 heavy (non-hydrogen) atoms. The number of halogens is 2. The summed E-state index contributed by atoms with van der Waals surface area (Å²) in [4.78, 5) is 14.6. The van der Waals surface area contributed by atoms with Crippen LogP contribution in [0.15, 0.2) is 89.1 Å². The molecule has 5 heteroatoms. The molecule has 3 aromatic rings. The Kier molecular flexibility index (Phi) is 5.01. The fourth-order valence-corrected chi connectivity index (χ4v) is 4.04. The van der Waals surface area contributed by atoms with E-state index in [1.165, 1.54) is 12.1 Å². The Morgan fingerprint density at radius 3 is 2.25 bits per heavy atom. The van der Waals surface area contributed by atoms with Gasteiger partial charge in [0.05, 0.1) is 6.04 Å². The van der Waals surface area contributed by atoms with Crippen LogP contribution in [0.5, 0.6) is 0 Å². The van der Waals surface area contributed by atoms with E-state index in [1.807, 2.05) is 54.6 Å². The predicted octanol–water partition coefficient (Wildman–Crippen LogP) is 5.64. The lowest BCUT2D eigenvalue weighted by Gasteiger charge is -2.28. The largest absolute Gasteiger partial charge is 0.503 e. The second-order valence-electron chi connectivity index (χ2n) is 6.61. The Labute approximate surface area is 170 Å². The van der Waals surface area contributed by atoms with Gasteiger partial charge in [-0.2, -0.15) is 0 Å². The molecule has 3 aromatic carbocycles. The quantitative estimate of drug-likeness (QED) is 0.573. The van der Waals surface area contributed by atoms with E-state index in [1.54, 1.807) is 17.0 Å². The zero-order chi connectivity index (χ0) is 19.7. The number of carbonyl (C=O) groups excluding carboxylic acids is 1. The molecule has 0 saturated heterocycles. The predicted molar refractivity (Wildman–Crippen MR) is 110 cm³/mol. The molecule has 4 rings (SSSR count). The van der Waals surface area contributed by atoms with Crippen molar-refractivity contribution in [3.8, 4) is 0 Å². The van der Waals surface area contributed by atoms with Gasteiger partial charge in [-0.25, -0.2) is 4.39 Å². The van der Waals surface area contributed by atoms with Gasteiger partial charge < -0.3 is 10.0 Å². The van der Waals surface area contributed by atoms with E-state index < -0.39 is 11.9 Å². The highest BCUT2D eigenvalue weighted by atomic mass is 79.9. The van der Waals surface area contributed by atoms with Gasteiger partial charge in [0.15, 0.2) is 5.76 Å². The van der Waals surface area contributed by atoms with E-state index in [2.05, 4.69) is 15.9 Å². The summed E-state index contributed by atoms with van der Waals surface area (Å²) in [7, 11) is 0. The summed E-state index contributed by atoms with van der Waals surface area (Å²) in [6, 6.07) is 22.6. The number of benzene rings is 3. The monoisotopic (exact) mass is 437 g/mol. The smallest absolute Gasteiger partial charge is 0.290 e. The number of aliphatic hydroxyl groups excluding tert-OH is 1. The third-order valence-corrected chi connectivity index (χ3v) is 5.58. The van der Waals surface area contributed by atoms with Crippen molar-refractivity contribution in [1.29, 1.82) is 0 Å². The molecule has 0 radical (unpaired) electrons. The second-order valence-corrected chi connectivity index (χ2v) is 7.47. The molecule has 0 bridgehead atoms. The van der Waals surface area contributed by atoms with Gasteiger partial charge in [-0.15, -0.1) is 0 Å². The van der Waals surface area contributed by atoms with Crippen LogP contribution >= 0.6 is 15.9 Å². The lowest BCUT2D eigenvalue weighted by molar-refractivity contribution is -0.130. The van der Waals surface area contributed by atoms with Crippen molar-refractivity contribution in [2.24, 2.45) is 0 Å². The van der Waals surface area contributed by atoms with Crippen molar-refractivity contribution in [1.82, 2.24) is 4.90 Å². The molecule has 140 valence electrons. The molecule has 1 amide bonds. The molecule has 1 N–H and O–H groups in total. The summed E-state index contributed by atoms with van der Waals surface area (Å²) < 4.78 is 14.1. The molecule has 0 unspecified atom stereocenters. The molecule has 0 aromatic heterocycles. The fourth-order valence-electron chi connectivity index (χ4n) is 3.54. The highest BCUT2D eigenvalue weighted by Gasteiger charge is 2.41. The number of hydrogen-bond donors (Lipinski definition) is 1. The van der Waals surface area contributed by atoms with E-state index in [4.69, 9.17) is 0 Å². The number of aliphatic hydroxyl groups is 1. The van der Waals surface area contributed by atoms with Crippen LogP contribution in [-0.2, 0) is 11.3 Å². The third-order valence-electron chi connectivity index (χ3n) is 4.85. The number of amides is 1. The Morgan fingerprint density at radius 2 is 1.57 bits per heavy atom. The first-order valence-electron chi connectivity index (χ1n) is 8.84. The van der Waals surface area contributed by atoms with E-state index in [0.717, 1.165) is 21.2 Å². The third kappa shape index (κ3) is 3.34. The molecular formula is C23H17BrFNO2. The van der Waals surface area contributed by atoms with Crippen molar-refractivity contribution < 1.29 is 14.3 Å². The van der Waals surface area contributed by atoms with Crippen molar-refractivity contribution >= 4 is 27.4 Å². The first kappa shape index (κ1) is 18.4. The number of carbonyl (C=O) groups is 1. The fraction of sp³-hybridized carbons (Fsp3) is 0.0870. The van der Waals surface area contributed by atoms with E-state index in [9.17, 15) is 14.3 Å². The molecule has 3 nitrogen and oxygen atoms in total. The van der Waals surface area contributed by atoms with E-state index in [-0.39, 0.29) is 18.1 Å². The molecule has 0 spiro atoms. The molecular weight excluding hydrogens is 421 g/mol. The second kappa shape index (κ2) is 7.60. The van der Waals surface area contributed by atoms with Crippen LogP contribution in [0.25, 0.3) is 5.57 Å². The number of rotatable bonds is 4. The molecule has 1 atom stereocenters. The summed E-state index contributed by atoms with van der Waals surface area (Å²) in [5, 5.41) is 10.7. The highest BCUT2D eigenvalue weighted by Crippen LogP contribution is 2.45. The number of hydrogen-bond acceptors (Lipinski definition) is 2. The molecule has 0 aliphatic carbocycles. The first-order valence-corrected chi connectivity index (χ1v) is 9.64. The van der Waals surface area contributed by atoms with Crippen LogP contribution < -0.4 is 0 Å². The topological polar surface area (TPSA) is 40.5 Å². The van der Waals surface area contributed by atoms with Gasteiger partial charge in [0, 0.05) is 16.6 Å². The molecule has 0 saturated carbocycles. The highest BCUT2D eigenvalue weighted by molar-refractivity contribution is 9.10. The summed E-state index contributed by atoms with van der Waals surface area (Å²) in [6.07, 6.45) is 0. The first-order chi connectivity index (χ1) is 13.6. The Bertz CT molecular complexity index is 1050. The van der Waals surface area contributed by atoms with Crippen molar-refractivity contribution in [3.63, 3.8) is 0 Å². The van der Waals surface area contributed by atoms with Crippen LogP contribution in [0.2, 0.25) is 0 Å². The summed E-state index contributed by atoms with van der Waals surface area (Å²) in [5.74, 6) is -1.03. The van der Waals surface area contributed by atoms with Gasteiger partial charge in [0.1, 0.15) is 5.82 Å². The van der Waals surface area contributed by atoms with Gasteiger partial charge in [-0.1, -0.05) is 76.6 Å². The van der Waals surface area contributed by atoms with E-state index in [0.29, 0.717) is 5.57 Å². The van der Waals surface area contributed by atoms with Crippen LogP contribution in [0.4, 0.5) is 4.39 Å². The van der Waals surface area contributed by atoms with Crippen molar-refractivity contribution in [2.45, 2.75) is 12.6 Å². The normalized spacial score (nSPS) is 16.7. The molecule has 1 heterocycles. The minimum absolute atomic E-state index is 0.255. The summed E-state index contributed by atoms with van der Waals surface area (Å²) >= 11 is 3.58. The molecule has 1 aliphatic rings. The zero-order valence-electron chi connectivity index (χ0n) is 14.8. The molecule has 0 fully saturated rings. The zero-order valence-corrected chi connectivity index (χ0v) is 16.4. The van der Waals surface area contributed by atoms with Gasteiger partial charge in [0.25, 0.3) is 5.91 Å². The van der Waals surface area contributed by atoms with Gasteiger partial charge in [-0.3, -0.25) is 4.79 Å². The Balaban J connectivity index is 1.83. The average Bonchev–Trinajstić information content (AvgIpc) is 2.95. The minimum Gasteiger partial charge on any atom is -0.503 e. The van der Waals surface area contributed by atoms with Crippen molar-refractivity contribution in [2.75, 3.05) is 0 Å². The SMILES string of the molecule is O=C1C(O)=C(c2ccccc2)[C@H](c2ccccc2Br)N1Cc1ccc(F)cc1. The lowest BCUT2D eigenvalue weighted by Crippen LogP contribution is -2.30. The number of nitrogens with zero attached hydrogens (tertiary/aromatic N) is 1. The van der Waals surface area contributed by atoms with Gasteiger partial charge in [0.2, 0.25) is 0 Å². The maximum atomic E-state index is 13.3. The van der Waals surface area contributed by atoms with E-state index >= 15 is 0 Å². The summed E-state index contributed by atoms with van der Waals surface area (Å²) in [5.41, 5.74) is 3.02. The Morgan fingerprint density at radius 1 is 0.929 bits per heavy atom. The maximum absolute atomic E-state index is 13.3. The average molecular weight is 438 g/mol. The lowest BCUT2D eigenvalue weighted by atomic mass is 9.93. The van der Waals surface area contributed by atoms with Gasteiger partial charge in [-0.05, 0) is 34.9 Å². The minimum atomic E-state index is -0.462. The van der Waals surface area contributed by atoms with Crippen LogP contribution in [-0.4, -0.2) is 15.9 Å². The standard InChI is InChI=1S/C23H17BrFNO2/c24-19-9-5-4-8-18(19)21-20(16-6-2-1-3-7-16)22(27)23(28)26(21)14-15-10-12-17(25)13-11-15/h1-13,21,27H,14H2/t21-/m0/s1. The van der Waals surface area contributed by atoms with Crippen molar-refractivity contribution in [3.05, 3.63) is 112 Å².